The Labute approximate surface area is 134 Å². The molecule has 0 aliphatic carbocycles. The smallest absolute Gasteiger partial charge is 0.252 e. The Morgan fingerprint density at radius 3 is 2.22 bits per heavy atom. The zero-order chi connectivity index (χ0) is 16.7. The molecule has 0 radical (unpaired) electrons. The van der Waals surface area contributed by atoms with Crippen LogP contribution in [0, 0.1) is 11.8 Å². The molecule has 116 valence electrons. The molecule has 2 rings (SSSR count). The Kier molecular flexibility index (Phi) is 5.37. The Morgan fingerprint density at radius 1 is 1.04 bits per heavy atom. The number of ether oxygens (including phenoxy) is 1. The molecule has 0 spiro atoms. The lowest BCUT2D eigenvalue weighted by atomic mass is 10.1. The van der Waals surface area contributed by atoms with Crippen molar-refractivity contribution in [3.63, 3.8) is 0 Å². The van der Waals surface area contributed by atoms with E-state index in [4.69, 9.17) is 10.5 Å². The van der Waals surface area contributed by atoms with E-state index in [2.05, 4.69) is 17.2 Å². The van der Waals surface area contributed by atoms with Gasteiger partial charge in [-0.2, -0.15) is 0 Å². The van der Waals surface area contributed by atoms with Gasteiger partial charge >= 0.3 is 0 Å². The number of benzene rings is 2. The van der Waals surface area contributed by atoms with Gasteiger partial charge in [0.05, 0.1) is 13.7 Å². The molecule has 0 bridgehead atoms. The summed E-state index contributed by atoms with van der Waals surface area (Å²) in [4.78, 5) is 22.9. The highest BCUT2D eigenvalue weighted by molar-refractivity contribution is 5.94. The summed E-state index contributed by atoms with van der Waals surface area (Å²) >= 11 is 0. The average molecular weight is 308 g/mol. The van der Waals surface area contributed by atoms with Crippen LogP contribution in [0.25, 0.3) is 0 Å². The molecule has 0 unspecified atom stereocenters. The van der Waals surface area contributed by atoms with Crippen molar-refractivity contribution in [3.05, 3.63) is 65.2 Å². The molecule has 0 fully saturated rings. The number of amides is 2. The summed E-state index contributed by atoms with van der Waals surface area (Å²) in [5.41, 5.74) is 6.88. The van der Waals surface area contributed by atoms with Crippen molar-refractivity contribution in [1.29, 1.82) is 0 Å². The van der Waals surface area contributed by atoms with E-state index in [-0.39, 0.29) is 12.5 Å². The summed E-state index contributed by atoms with van der Waals surface area (Å²) in [6.45, 7) is 0.225. The first kappa shape index (κ1) is 16.1. The monoisotopic (exact) mass is 308 g/mol. The second-order valence-corrected chi connectivity index (χ2v) is 4.65. The van der Waals surface area contributed by atoms with Crippen LogP contribution in [-0.4, -0.2) is 25.5 Å². The third-order valence-electron chi connectivity index (χ3n) is 3.09. The standard InChI is InChI=1S/C18H16N2O3/c1-23-16-10-8-15(9-11-16)18(22)20-12-2-3-13-4-6-14(7-5-13)17(19)21/h4-11H,12H2,1H3,(H2,19,21)(H,20,22). The van der Waals surface area contributed by atoms with Gasteiger partial charge in [0.15, 0.2) is 0 Å². The fourth-order valence-corrected chi connectivity index (χ4v) is 1.83. The Morgan fingerprint density at radius 2 is 1.65 bits per heavy atom. The first-order chi connectivity index (χ1) is 11.1. The maximum atomic E-state index is 11.9. The summed E-state index contributed by atoms with van der Waals surface area (Å²) in [5.74, 6) is 5.77. The van der Waals surface area contributed by atoms with Crippen LogP contribution < -0.4 is 15.8 Å². The highest BCUT2D eigenvalue weighted by Gasteiger charge is 2.03. The molecule has 0 saturated carbocycles. The van der Waals surface area contributed by atoms with Crippen LogP contribution in [0.3, 0.4) is 0 Å². The number of methoxy groups -OCH3 is 1. The summed E-state index contributed by atoms with van der Waals surface area (Å²) in [7, 11) is 1.57. The number of primary amides is 1. The number of carbonyl (C=O) groups is 2. The Bertz CT molecular complexity index is 754. The van der Waals surface area contributed by atoms with Gasteiger partial charge in [0, 0.05) is 16.7 Å². The summed E-state index contributed by atoms with van der Waals surface area (Å²) in [6, 6.07) is 13.5. The number of rotatable bonds is 4. The Hall–Kier alpha value is -3.26. The van der Waals surface area contributed by atoms with E-state index >= 15 is 0 Å². The molecule has 0 atom stereocenters. The number of nitrogens with two attached hydrogens (primary N) is 1. The number of hydrogen-bond acceptors (Lipinski definition) is 3. The van der Waals surface area contributed by atoms with Crippen molar-refractivity contribution in [3.8, 4) is 17.6 Å². The topological polar surface area (TPSA) is 81.4 Å². The third-order valence-corrected chi connectivity index (χ3v) is 3.09. The second kappa shape index (κ2) is 7.66. The van der Waals surface area contributed by atoms with Gasteiger partial charge in [0.1, 0.15) is 5.75 Å². The zero-order valence-electron chi connectivity index (χ0n) is 12.6. The molecule has 5 heteroatoms. The third kappa shape index (κ3) is 4.61. The summed E-state index contributed by atoms with van der Waals surface area (Å²) < 4.78 is 5.04. The maximum absolute atomic E-state index is 11.9. The summed E-state index contributed by atoms with van der Waals surface area (Å²) in [6.07, 6.45) is 0. The van der Waals surface area contributed by atoms with Crippen molar-refractivity contribution in [1.82, 2.24) is 5.32 Å². The molecule has 0 aliphatic heterocycles. The minimum Gasteiger partial charge on any atom is -0.497 e. The molecule has 2 aromatic carbocycles. The van der Waals surface area contributed by atoms with E-state index in [1.54, 1.807) is 55.6 Å². The highest BCUT2D eigenvalue weighted by atomic mass is 16.5. The van der Waals surface area contributed by atoms with Gasteiger partial charge in [0.2, 0.25) is 5.91 Å². The molecule has 23 heavy (non-hydrogen) atoms. The van der Waals surface area contributed by atoms with Crippen molar-refractivity contribution >= 4 is 11.8 Å². The van der Waals surface area contributed by atoms with Crippen LogP contribution in [0.1, 0.15) is 26.3 Å². The largest absolute Gasteiger partial charge is 0.497 e. The SMILES string of the molecule is COc1ccc(C(=O)NCC#Cc2ccc(C(N)=O)cc2)cc1. The van der Waals surface area contributed by atoms with Gasteiger partial charge in [-0.1, -0.05) is 11.8 Å². The minimum atomic E-state index is -0.476. The van der Waals surface area contributed by atoms with E-state index < -0.39 is 5.91 Å². The lowest BCUT2D eigenvalue weighted by Crippen LogP contribution is -2.23. The average Bonchev–Trinajstić information content (AvgIpc) is 2.59. The molecular formula is C18H16N2O3. The first-order valence-electron chi connectivity index (χ1n) is 6.91. The molecule has 0 saturated heterocycles. The van der Waals surface area contributed by atoms with Crippen LogP contribution in [-0.2, 0) is 0 Å². The maximum Gasteiger partial charge on any atom is 0.252 e. The second-order valence-electron chi connectivity index (χ2n) is 4.65. The normalized spacial score (nSPS) is 9.43. The van der Waals surface area contributed by atoms with Gasteiger partial charge in [-0.3, -0.25) is 9.59 Å². The van der Waals surface area contributed by atoms with E-state index in [0.29, 0.717) is 16.9 Å². The van der Waals surface area contributed by atoms with E-state index in [1.165, 1.54) is 0 Å². The molecular weight excluding hydrogens is 292 g/mol. The van der Waals surface area contributed by atoms with Gasteiger partial charge in [-0.25, -0.2) is 0 Å². The lowest BCUT2D eigenvalue weighted by Gasteiger charge is -2.03. The minimum absolute atomic E-state index is 0.203. The molecule has 0 aliphatic rings. The van der Waals surface area contributed by atoms with Crippen molar-refractivity contribution in [2.45, 2.75) is 0 Å². The van der Waals surface area contributed by atoms with Crippen LogP contribution in [0.2, 0.25) is 0 Å². The van der Waals surface area contributed by atoms with Crippen molar-refractivity contribution < 1.29 is 14.3 Å². The van der Waals surface area contributed by atoms with Gasteiger partial charge in [-0.15, -0.1) is 0 Å². The Balaban J connectivity index is 1.89. The molecule has 2 aromatic rings. The fraction of sp³-hybridized carbons (Fsp3) is 0.111. The van der Waals surface area contributed by atoms with Gasteiger partial charge in [-0.05, 0) is 48.5 Å². The predicted octanol–water partition coefficient (Wildman–Crippen LogP) is 1.58. The van der Waals surface area contributed by atoms with Crippen LogP contribution in [0.5, 0.6) is 5.75 Å². The fourth-order valence-electron chi connectivity index (χ4n) is 1.83. The highest BCUT2D eigenvalue weighted by Crippen LogP contribution is 2.10. The predicted molar refractivity (Wildman–Crippen MR) is 87.2 cm³/mol. The van der Waals surface area contributed by atoms with Crippen molar-refractivity contribution in [2.75, 3.05) is 13.7 Å². The first-order valence-corrected chi connectivity index (χ1v) is 6.91. The quantitative estimate of drug-likeness (QED) is 0.841. The number of carbonyl (C=O) groups excluding carboxylic acids is 2. The van der Waals surface area contributed by atoms with Crippen LogP contribution >= 0.6 is 0 Å². The van der Waals surface area contributed by atoms with Crippen LogP contribution in [0.4, 0.5) is 0 Å². The van der Waals surface area contributed by atoms with Gasteiger partial charge < -0.3 is 15.8 Å². The van der Waals surface area contributed by atoms with E-state index in [0.717, 1.165) is 5.56 Å². The van der Waals surface area contributed by atoms with Gasteiger partial charge in [0.25, 0.3) is 5.91 Å². The number of hydrogen-bond donors (Lipinski definition) is 2. The summed E-state index contributed by atoms with van der Waals surface area (Å²) in [5, 5.41) is 2.71. The number of nitrogens with one attached hydrogen (secondary N) is 1. The lowest BCUT2D eigenvalue weighted by molar-refractivity contribution is 0.0957. The molecule has 5 nitrogen and oxygen atoms in total. The molecule has 0 aromatic heterocycles. The zero-order valence-corrected chi connectivity index (χ0v) is 12.6. The molecule has 2 amide bonds. The molecule has 0 heterocycles. The van der Waals surface area contributed by atoms with Crippen LogP contribution in [0.15, 0.2) is 48.5 Å². The van der Waals surface area contributed by atoms with Crippen molar-refractivity contribution in [2.24, 2.45) is 5.73 Å². The molecule has 3 N–H and O–H groups in total. The van der Waals surface area contributed by atoms with E-state index in [9.17, 15) is 9.59 Å². The van der Waals surface area contributed by atoms with E-state index in [1.807, 2.05) is 0 Å².